The molecule has 2 fully saturated rings. The van der Waals surface area contributed by atoms with Gasteiger partial charge in [0.2, 0.25) is 0 Å². The molecular weight excluding hydrogens is 318 g/mol. The van der Waals surface area contributed by atoms with Crippen molar-refractivity contribution < 1.29 is 4.79 Å². The molecule has 2 aliphatic rings. The van der Waals surface area contributed by atoms with Crippen LogP contribution in [0.2, 0.25) is 0 Å². The van der Waals surface area contributed by atoms with Crippen molar-refractivity contribution in [3.05, 3.63) is 28.2 Å². The van der Waals surface area contributed by atoms with E-state index in [0.717, 1.165) is 30.5 Å². The number of nitrogens with zero attached hydrogens (tertiary/aromatic N) is 2. The first-order valence-corrected chi connectivity index (χ1v) is 8.03. The van der Waals surface area contributed by atoms with Gasteiger partial charge in [0.25, 0.3) is 5.91 Å². The summed E-state index contributed by atoms with van der Waals surface area (Å²) in [5.41, 5.74) is 7.17. The molecule has 1 aromatic rings. The van der Waals surface area contributed by atoms with Crippen LogP contribution in [0.25, 0.3) is 0 Å². The molecule has 4 nitrogen and oxygen atoms in total. The molecular formula is C15H20BrN3O. The molecule has 1 unspecified atom stereocenters. The third-order valence-corrected chi connectivity index (χ3v) is 5.23. The van der Waals surface area contributed by atoms with E-state index in [1.807, 2.05) is 23.1 Å². The smallest absolute Gasteiger partial charge is 0.255 e. The average Bonchev–Trinajstić information content (AvgIpc) is 2.78. The normalized spacial score (nSPS) is 23.4. The van der Waals surface area contributed by atoms with Crippen LogP contribution in [0.15, 0.2) is 22.7 Å². The summed E-state index contributed by atoms with van der Waals surface area (Å²) in [6, 6.07) is 6.04. The van der Waals surface area contributed by atoms with Crippen LogP contribution in [-0.2, 0) is 0 Å². The maximum Gasteiger partial charge on any atom is 0.255 e. The summed E-state index contributed by atoms with van der Waals surface area (Å²) < 4.78 is 0.720. The van der Waals surface area contributed by atoms with E-state index in [-0.39, 0.29) is 5.91 Å². The first kappa shape index (κ1) is 13.9. The molecule has 2 heterocycles. The predicted molar refractivity (Wildman–Crippen MR) is 83.7 cm³/mol. The molecule has 0 bridgehead atoms. The largest absolute Gasteiger partial charge is 0.398 e. The van der Waals surface area contributed by atoms with Crippen molar-refractivity contribution in [2.45, 2.75) is 25.3 Å². The SMILES string of the molecule is Nc1cccc(C(=O)N2CCCN3CCCC3C2)c1Br. The zero-order chi connectivity index (χ0) is 14.1. The number of anilines is 1. The van der Waals surface area contributed by atoms with Crippen LogP contribution >= 0.6 is 15.9 Å². The Morgan fingerprint density at radius 3 is 2.90 bits per heavy atom. The fraction of sp³-hybridized carbons (Fsp3) is 0.533. The maximum atomic E-state index is 12.7. The van der Waals surface area contributed by atoms with Gasteiger partial charge in [-0.2, -0.15) is 0 Å². The fourth-order valence-corrected chi connectivity index (χ4v) is 3.71. The number of nitrogens with two attached hydrogens (primary N) is 1. The lowest BCUT2D eigenvalue weighted by atomic mass is 10.1. The van der Waals surface area contributed by atoms with Crippen LogP contribution in [0, 0.1) is 0 Å². The quantitative estimate of drug-likeness (QED) is 0.800. The second-order valence-electron chi connectivity index (χ2n) is 5.65. The number of rotatable bonds is 1. The van der Waals surface area contributed by atoms with Gasteiger partial charge in [-0.1, -0.05) is 6.07 Å². The third-order valence-electron chi connectivity index (χ3n) is 4.35. The van der Waals surface area contributed by atoms with E-state index in [9.17, 15) is 4.79 Å². The lowest BCUT2D eigenvalue weighted by molar-refractivity contribution is 0.0742. The van der Waals surface area contributed by atoms with Gasteiger partial charge in [0, 0.05) is 31.4 Å². The van der Waals surface area contributed by atoms with Crippen LogP contribution in [0.1, 0.15) is 29.6 Å². The van der Waals surface area contributed by atoms with E-state index in [1.165, 1.54) is 19.4 Å². The van der Waals surface area contributed by atoms with Crippen molar-refractivity contribution in [3.8, 4) is 0 Å². The van der Waals surface area contributed by atoms with E-state index in [0.29, 0.717) is 17.3 Å². The second-order valence-corrected chi connectivity index (χ2v) is 6.44. The molecule has 1 aromatic carbocycles. The van der Waals surface area contributed by atoms with E-state index in [1.54, 1.807) is 0 Å². The van der Waals surface area contributed by atoms with Crippen molar-refractivity contribution in [1.82, 2.24) is 9.80 Å². The Morgan fingerprint density at radius 2 is 2.05 bits per heavy atom. The summed E-state index contributed by atoms with van der Waals surface area (Å²) in [6.45, 7) is 3.99. The van der Waals surface area contributed by atoms with Gasteiger partial charge in [-0.15, -0.1) is 0 Å². The third kappa shape index (κ3) is 2.56. The van der Waals surface area contributed by atoms with Crippen molar-refractivity contribution in [3.63, 3.8) is 0 Å². The topological polar surface area (TPSA) is 49.6 Å². The summed E-state index contributed by atoms with van der Waals surface area (Å²) in [5, 5.41) is 0. The van der Waals surface area contributed by atoms with Gasteiger partial charge < -0.3 is 10.6 Å². The van der Waals surface area contributed by atoms with Gasteiger partial charge in [0.1, 0.15) is 0 Å². The Morgan fingerprint density at radius 1 is 1.25 bits per heavy atom. The minimum absolute atomic E-state index is 0.0953. The van der Waals surface area contributed by atoms with Crippen molar-refractivity contribution in [1.29, 1.82) is 0 Å². The molecule has 2 aliphatic heterocycles. The minimum atomic E-state index is 0.0953. The molecule has 0 spiro atoms. The van der Waals surface area contributed by atoms with E-state index in [4.69, 9.17) is 5.73 Å². The molecule has 20 heavy (non-hydrogen) atoms. The van der Waals surface area contributed by atoms with Crippen LogP contribution < -0.4 is 5.73 Å². The Hall–Kier alpha value is -1.07. The summed E-state index contributed by atoms with van der Waals surface area (Å²) in [7, 11) is 0. The van der Waals surface area contributed by atoms with Crippen molar-refractivity contribution >= 4 is 27.5 Å². The van der Waals surface area contributed by atoms with E-state index < -0.39 is 0 Å². The minimum Gasteiger partial charge on any atom is -0.398 e. The standard InChI is InChI=1S/C15H20BrN3O/c16-14-12(5-1-6-13(14)17)15(20)19-9-3-8-18-7-2-4-11(18)10-19/h1,5-6,11H,2-4,7-10,17H2. The number of halogens is 1. The van der Waals surface area contributed by atoms with Gasteiger partial charge in [0.15, 0.2) is 0 Å². The number of benzene rings is 1. The first-order chi connectivity index (χ1) is 9.66. The number of carbonyl (C=O) groups excluding carboxylic acids is 1. The lowest BCUT2D eigenvalue weighted by Gasteiger charge is -2.26. The highest BCUT2D eigenvalue weighted by molar-refractivity contribution is 9.10. The van der Waals surface area contributed by atoms with Gasteiger partial charge >= 0.3 is 0 Å². The highest BCUT2D eigenvalue weighted by Gasteiger charge is 2.31. The number of hydrogen-bond acceptors (Lipinski definition) is 3. The summed E-state index contributed by atoms with van der Waals surface area (Å²) in [5.74, 6) is 0.0953. The molecule has 5 heteroatoms. The van der Waals surface area contributed by atoms with Crippen LogP contribution in [0.3, 0.4) is 0 Å². The average molecular weight is 338 g/mol. The molecule has 2 N–H and O–H groups in total. The molecule has 0 aliphatic carbocycles. The number of amides is 1. The number of fused-ring (bicyclic) bond motifs is 1. The molecule has 3 rings (SSSR count). The summed E-state index contributed by atoms with van der Waals surface area (Å²) >= 11 is 3.44. The maximum absolute atomic E-state index is 12.7. The van der Waals surface area contributed by atoms with Gasteiger partial charge in [0.05, 0.1) is 10.0 Å². The number of nitrogen functional groups attached to an aromatic ring is 1. The zero-order valence-corrected chi connectivity index (χ0v) is 13.1. The highest BCUT2D eigenvalue weighted by Crippen LogP contribution is 2.27. The molecule has 2 saturated heterocycles. The Balaban J connectivity index is 1.81. The zero-order valence-electron chi connectivity index (χ0n) is 11.5. The van der Waals surface area contributed by atoms with Gasteiger partial charge in [-0.25, -0.2) is 0 Å². The van der Waals surface area contributed by atoms with Crippen molar-refractivity contribution in [2.75, 3.05) is 31.9 Å². The second kappa shape index (κ2) is 5.74. The van der Waals surface area contributed by atoms with E-state index >= 15 is 0 Å². The fourth-order valence-electron chi connectivity index (χ4n) is 3.28. The summed E-state index contributed by atoms with van der Waals surface area (Å²) in [6.07, 6.45) is 3.53. The summed E-state index contributed by atoms with van der Waals surface area (Å²) in [4.78, 5) is 17.3. The molecule has 0 radical (unpaired) electrons. The van der Waals surface area contributed by atoms with Crippen molar-refractivity contribution in [2.24, 2.45) is 0 Å². The highest BCUT2D eigenvalue weighted by atomic mass is 79.9. The van der Waals surface area contributed by atoms with Crippen LogP contribution in [-0.4, -0.2) is 47.9 Å². The van der Waals surface area contributed by atoms with Crippen LogP contribution in [0.5, 0.6) is 0 Å². The Bertz CT molecular complexity index is 520. The van der Waals surface area contributed by atoms with Gasteiger partial charge in [-0.3, -0.25) is 9.69 Å². The molecule has 108 valence electrons. The monoisotopic (exact) mass is 337 g/mol. The molecule has 0 aromatic heterocycles. The number of hydrogen-bond donors (Lipinski definition) is 1. The molecule has 0 saturated carbocycles. The number of carbonyl (C=O) groups is 1. The Kier molecular flexibility index (Phi) is 3.98. The predicted octanol–water partition coefficient (Wildman–Crippen LogP) is 2.34. The van der Waals surface area contributed by atoms with Crippen LogP contribution in [0.4, 0.5) is 5.69 Å². The lowest BCUT2D eigenvalue weighted by Crippen LogP contribution is -2.39. The molecule has 1 amide bonds. The first-order valence-electron chi connectivity index (χ1n) is 7.24. The Labute approximate surface area is 128 Å². The molecule has 1 atom stereocenters. The van der Waals surface area contributed by atoms with E-state index in [2.05, 4.69) is 20.8 Å². The van der Waals surface area contributed by atoms with Gasteiger partial charge in [-0.05, 0) is 53.9 Å².